The highest BCUT2D eigenvalue weighted by molar-refractivity contribution is 6.31. The fourth-order valence-corrected chi connectivity index (χ4v) is 2.88. The summed E-state index contributed by atoms with van der Waals surface area (Å²) in [6.45, 7) is 1.18. The van der Waals surface area contributed by atoms with Gasteiger partial charge in [-0.1, -0.05) is 23.7 Å². The molecule has 0 fully saturated rings. The molecular weight excluding hydrogens is 394 g/mol. The van der Waals surface area contributed by atoms with Gasteiger partial charge in [-0.15, -0.1) is 0 Å². The molecule has 1 aromatic heterocycles. The molecule has 0 radical (unpaired) electrons. The van der Waals surface area contributed by atoms with E-state index in [1.54, 1.807) is 36.3 Å². The van der Waals surface area contributed by atoms with Gasteiger partial charge in [0.25, 0.3) is 0 Å². The van der Waals surface area contributed by atoms with E-state index in [-0.39, 0.29) is 12.5 Å². The van der Waals surface area contributed by atoms with E-state index in [9.17, 15) is 4.79 Å². The molecule has 2 aromatic carbocycles. The number of hydrogen-bond donors (Lipinski definition) is 1. The summed E-state index contributed by atoms with van der Waals surface area (Å²) in [6.07, 6.45) is 2.98. The van der Waals surface area contributed by atoms with Gasteiger partial charge in [0.15, 0.2) is 11.5 Å². The first-order valence-corrected chi connectivity index (χ1v) is 9.33. The summed E-state index contributed by atoms with van der Waals surface area (Å²) in [5.74, 6) is 1.17. The molecule has 0 saturated carbocycles. The number of benzene rings is 2. The van der Waals surface area contributed by atoms with E-state index < -0.39 is 0 Å². The Hall–Kier alpha value is -3.10. The van der Waals surface area contributed by atoms with Crippen molar-refractivity contribution in [1.29, 1.82) is 0 Å². The van der Waals surface area contributed by atoms with E-state index in [0.717, 1.165) is 0 Å². The summed E-state index contributed by atoms with van der Waals surface area (Å²) in [5.41, 5.74) is 1.24. The fourth-order valence-electron chi connectivity index (χ4n) is 2.70. The van der Waals surface area contributed by atoms with Crippen molar-refractivity contribution in [3.8, 4) is 17.2 Å². The third kappa shape index (κ3) is 5.69. The summed E-state index contributed by atoms with van der Waals surface area (Å²) in [4.78, 5) is 18.3. The Morgan fingerprint density at radius 2 is 2.03 bits per heavy atom. The molecule has 1 amide bonds. The highest BCUT2D eigenvalue weighted by Gasteiger charge is 2.12. The van der Waals surface area contributed by atoms with Gasteiger partial charge in [-0.25, -0.2) is 9.67 Å². The molecule has 3 aromatic rings. The van der Waals surface area contributed by atoms with Crippen LogP contribution in [0.5, 0.6) is 11.5 Å². The van der Waals surface area contributed by atoms with E-state index in [1.165, 1.54) is 6.33 Å². The summed E-state index contributed by atoms with van der Waals surface area (Å²) in [5, 5.41) is 7.50. The fraction of sp³-hybridized carbons (Fsp3) is 0.250. The number of ether oxygens (including phenoxy) is 2. The standard InChI is InChI=1S/C20H22ClN5O3/c1-25(9-10-29-19-6-4-3-5-18(19)28-2)12-20(27)24-16-11-15(21)7-8-17(16)26-14-22-13-23-26/h3-8,11,13-14H,9-10,12H2,1-2H3,(H,24,27). The number of rotatable bonds is 9. The molecular formula is C20H22ClN5O3. The second kappa shape index (κ2) is 9.90. The van der Waals surface area contributed by atoms with Gasteiger partial charge in [-0.3, -0.25) is 9.69 Å². The molecule has 0 aliphatic rings. The molecule has 0 atom stereocenters. The Bertz CT molecular complexity index is 949. The number of amides is 1. The molecule has 29 heavy (non-hydrogen) atoms. The summed E-state index contributed by atoms with van der Waals surface area (Å²) < 4.78 is 12.6. The van der Waals surface area contributed by atoms with Crippen LogP contribution in [0.3, 0.4) is 0 Å². The Balaban J connectivity index is 1.54. The van der Waals surface area contributed by atoms with Gasteiger partial charge in [0.05, 0.1) is 25.0 Å². The van der Waals surface area contributed by atoms with Gasteiger partial charge in [-0.2, -0.15) is 5.10 Å². The zero-order chi connectivity index (χ0) is 20.6. The molecule has 3 rings (SSSR count). The quantitative estimate of drug-likeness (QED) is 0.578. The Kier molecular flexibility index (Phi) is 7.04. The lowest BCUT2D eigenvalue weighted by atomic mass is 10.2. The minimum absolute atomic E-state index is 0.173. The Morgan fingerprint density at radius 3 is 2.76 bits per heavy atom. The van der Waals surface area contributed by atoms with Crippen LogP contribution in [0.15, 0.2) is 55.1 Å². The van der Waals surface area contributed by atoms with E-state index in [1.807, 2.05) is 36.2 Å². The molecule has 8 nitrogen and oxygen atoms in total. The second-order valence-corrected chi connectivity index (χ2v) is 6.72. The zero-order valence-electron chi connectivity index (χ0n) is 16.2. The number of hydrogen-bond acceptors (Lipinski definition) is 6. The molecule has 0 unspecified atom stereocenters. The number of carbonyl (C=O) groups is 1. The summed E-state index contributed by atoms with van der Waals surface area (Å²) in [7, 11) is 3.45. The number of carbonyl (C=O) groups excluding carboxylic acids is 1. The summed E-state index contributed by atoms with van der Waals surface area (Å²) >= 11 is 6.09. The van der Waals surface area contributed by atoms with Crippen molar-refractivity contribution >= 4 is 23.2 Å². The third-order valence-corrected chi connectivity index (χ3v) is 4.35. The van der Waals surface area contributed by atoms with Gasteiger partial charge in [0.1, 0.15) is 19.3 Å². The number of aromatic nitrogens is 3. The van der Waals surface area contributed by atoms with Gasteiger partial charge in [-0.05, 0) is 37.4 Å². The molecule has 1 N–H and O–H groups in total. The minimum Gasteiger partial charge on any atom is -0.493 e. The normalized spacial score (nSPS) is 10.8. The van der Waals surface area contributed by atoms with Crippen molar-refractivity contribution in [2.45, 2.75) is 0 Å². The van der Waals surface area contributed by atoms with E-state index in [0.29, 0.717) is 41.0 Å². The molecule has 0 aliphatic heterocycles. The molecule has 0 spiro atoms. The number of nitrogens with zero attached hydrogens (tertiary/aromatic N) is 4. The Morgan fingerprint density at radius 1 is 1.24 bits per heavy atom. The summed E-state index contributed by atoms with van der Waals surface area (Å²) in [6, 6.07) is 12.6. The number of nitrogens with one attached hydrogen (secondary N) is 1. The van der Waals surface area contributed by atoms with E-state index in [4.69, 9.17) is 21.1 Å². The second-order valence-electron chi connectivity index (χ2n) is 6.29. The van der Waals surface area contributed by atoms with Crippen LogP contribution in [0, 0.1) is 0 Å². The van der Waals surface area contributed by atoms with Crippen molar-refractivity contribution in [1.82, 2.24) is 19.7 Å². The van der Waals surface area contributed by atoms with Crippen LogP contribution in [-0.4, -0.2) is 59.4 Å². The minimum atomic E-state index is -0.173. The van der Waals surface area contributed by atoms with Crippen LogP contribution >= 0.6 is 11.6 Å². The first kappa shape index (κ1) is 20.6. The van der Waals surface area contributed by atoms with Crippen LogP contribution in [0.25, 0.3) is 5.69 Å². The van der Waals surface area contributed by atoms with Crippen molar-refractivity contribution in [2.75, 3.05) is 39.2 Å². The predicted octanol–water partition coefficient (Wildman–Crippen LogP) is 2.88. The van der Waals surface area contributed by atoms with Gasteiger partial charge < -0.3 is 14.8 Å². The average molecular weight is 416 g/mol. The maximum atomic E-state index is 12.5. The maximum absolute atomic E-state index is 12.5. The number of halogens is 1. The van der Waals surface area contributed by atoms with Crippen LogP contribution < -0.4 is 14.8 Å². The molecule has 0 bridgehead atoms. The smallest absolute Gasteiger partial charge is 0.238 e. The largest absolute Gasteiger partial charge is 0.493 e. The van der Waals surface area contributed by atoms with Gasteiger partial charge >= 0.3 is 0 Å². The number of methoxy groups -OCH3 is 1. The lowest BCUT2D eigenvalue weighted by Crippen LogP contribution is -2.33. The Labute approximate surface area is 174 Å². The molecule has 0 saturated heterocycles. The van der Waals surface area contributed by atoms with E-state index in [2.05, 4.69) is 15.4 Å². The maximum Gasteiger partial charge on any atom is 0.238 e. The third-order valence-electron chi connectivity index (χ3n) is 4.11. The average Bonchev–Trinajstić information content (AvgIpc) is 3.23. The lowest BCUT2D eigenvalue weighted by Gasteiger charge is -2.18. The van der Waals surface area contributed by atoms with Crippen molar-refractivity contribution in [3.05, 3.63) is 60.1 Å². The first-order chi connectivity index (χ1) is 14.1. The number of para-hydroxylation sites is 2. The van der Waals surface area contributed by atoms with Crippen molar-refractivity contribution in [3.63, 3.8) is 0 Å². The van der Waals surface area contributed by atoms with Crippen LogP contribution in [0.1, 0.15) is 0 Å². The molecule has 0 aliphatic carbocycles. The monoisotopic (exact) mass is 415 g/mol. The van der Waals surface area contributed by atoms with Crippen molar-refractivity contribution in [2.24, 2.45) is 0 Å². The molecule has 9 heteroatoms. The highest BCUT2D eigenvalue weighted by Crippen LogP contribution is 2.26. The van der Waals surface area contributed by atoms with Gasteiger partial charge in [0, 0.05) is 11.6 Å². The topological polar surface area (TPSA) is 81.5 Å². The lowest BCUT2D eigenvalue weighted by molar-refractivity contribution is -0.117. The zero-order valence-corrected chi connectivity index (χ0v) is 17.0. The number of likely N-dealkylation sites (N-methyl/N-ethyl adjacent to an activating group) is 1. The van der Waals surface area contributed by atoms with Crippen LogP contribution in [-0.2, 0) is 4.79 Å². The molecule has 1 heterocycles. The predicted molar refractivity (Wildman–Crippen MR) is 111 cm³/mol. The first-order valence-electron chi connectivity index (χ1n) is 8.95. The van der Waals surface area contributed by atoms with Crippen molar-refractivity contribution < 1.29 is 14.3 Å². The van der Waals surface area contributed by atoms with Crippen LogP contribution in [0.2, 0.25) is 5.02 Å². The van der Waals surface area contributed by atoms with E-state index >= 15 is 0 Å². The molecule has 152 valence electrons. The SMILES string of the molecule is COc1ccccc1OCCN(C)CC(=O)Nc1cc(Cl)ccc1-n1cncn1. The number of anilines is 1. The highest BCUT2D eigenvalue weighted by atomic mass is 35.5. The van der Waals surface area contributed by atoms with Crippen LogP contribution in [0.4, 0.5) is 5.69 Å². The van der Waals surface area contributed by atoms with Gasteiger partial charge in [0.2, 0.25) is 5.91 Å².